The van der Waals surface area contributed by atoms with Gasteiger partial charge < -0.3 is 19.3 Å². The molecule has 2 fully saturated rings. The monoisotopic (exact) mass is 160 g/mol. The smallest absolute Gasteiger partial charge is 0.101 e. The minimum atomic E-state index is -0.0556. The Morgan fingerprint density at radius 3 is 2.00 bits per heavy atom. The average Bonchev–Trinajstić information content (AvgIpc) is 2.87. The van der Waals surface area contributed by atoms with Crippen molar-refractivity contribution in [2.45, 2.75) is 12.2 Å². The second kappa shape index (κ2) is 4.66. The van der Waals surface area contributed by atoms with E-state index in [-0.39, 0.29) is 12.7 Å². The van der Waals surface area contributed by atoms with E-state index in [1.165, 1.54) is 0 Å². The van der Waals surface area contributed by atoms with E-state index in [2.05, 4.69) is 16.6 Å². The van der Waals surface area contributed by atoms with Gasteiger partial charge in [0.15, 0.2) is 0 Å². The van der Waals surface area contributed by atoms with Crippen molar-refractivity contribution in [3.63, 3.8) is 0 Å². The van der Waals surface area contributed by atoms with Crippen LogP contribution in [-0.4, -0.2) is 38.6 Å². The lowest BCUT2D eigenvalue weighted by Crippen LogP contribution is -2.11. The van der Waals surface area contributed by atoms with Crippen molar-refractivity contribution >= 4 is 0 Å². The van der Waals surface area contributed by atoms with Gasteiger partial charge in [0.1, 0.15) is 6.10 Å². The summed E-state index contributed by atoms with van der Waals surface area (Å²) in [5, 5.41) is 9.57. The van der Waals surface area contributed by atoms with Crippen LogP contribution in [0.4, 0.5) is 0 Å². The van der Waals surface area contributed by atoms with Gasteiger partial charge in [-0.1, -0.05) is 0 Å². The normalized spacial score (nSPS) is 32.2. The Labute approximate surface area is 66.1 Å². The summed E-state index contributed by atoms with van der Waals surface area (Å²) in [6, 6.07) is 0. The van der Waals surface area contributed by atoms with E-state index in [0.717, 1.165) is 6.61 Å². The van der Waals surface area contributed by atoms with Gasteiger partial charge in [0.05, 0.1) is 19.3 Å². The molecule has 4 nitrogen and oxygen atoms in total. The Morgan fingerprint density at radius 2 is 1.91 bits per heavy atom. The van der Waals surface area contributed by atoms with Crippen molar-refractivity contribution in [3.8, 4) is 0 Å². The predicted octanol–water partition coefficient (Wildman–Crippen LogP) is -1.06. The summed E-state index contributed by atoms with van der Waals surface area (Å²) in [6.07, 6.45) is 0.442. The highest BCUT2D eigenvalue weighted by atomic mass is 16.6. The van der Waals surface area contributed by atoms with Gasteiger partial charge in [0.25, 0.3) is 0 Å². The first-order valence-corrected chi connectivity index (χ1v) is 3.55. The van der Waals surface area contributed by atoms with Crippen LogP contribution in [0.1, 0.15) is 0 Å². The lowest BCUT2D eigenvalue weighted by Gasteiger charge is -1.95. The summed E-state index contributed by atoms with van der Waals surface area (Å²) in [6.45, 7) is 2.15. The number of hydrogen-bond acceptors (Lipinski definition) is 4. The van der Waals surface area contributed by atoms with E-state index in [1.54, 1.807) is 0 Å². The highest BCUT2D eigenvalue weighted by Crippen LogP contribution is 2.07. The highest BCUT2D eigenvalue weighted by molar-refractivity contribution is 4.66. The number of ether oxygens (including phenoxy) is 3. The predicted molar refractivity (Wildman–Crippen MR) is 35.7 cm³/mol. The van der Waals surface area contributed by atoms with Crippen LogP contribution in [0, 0.1) is 7.11 Å². The van der Waals surface area contributed by atoms with Gasteiger partial charge in [-0.05, 0) is 0 Å². The Kier molecular flexibility index (Phi) is 3.79. The number of rotatable bonds is 3. The molecule has 0 aliphatic carbocycles. The van der Waals surface area contributed by atoms with Crippen molar-refractivity contribution in [1.82, 2.24) is 0 Å². The van der Waals surface area contributed by atoms with E-state index in [1.807, 2.05) is 0 Å². The molecule has 2 atom stereocenters. The molecule has 2 unspecified atom stereocenters. The zero-order valence-corrected chi connectivity index (χ0v) is 6.32. The van der Waals surface area contributed by atoms with Gasteiger partial charge >= 0.3 is 0 Å². The van der Waals surface area contributed by atoms with Crippen LogP contribution in [0.2, 0.25) is 0 Å². The quantitative estimate of drug-likeness (QED) is 0.390. The molecular formula is C7H12O4-2. The lowest BCUT2D eigenvalue weighted by atomic mass is 10.5. The molecule has 0 bridgehead atoms. The Morgan fingerprint density at radius 1 is 1.36 bits per heavy atom. The first-order chi connectivity index (χ1) is 5.36. The van der Waals surface area contributed by atoms with Crippen LogP contribution in [0.5, 0.6) is 0 Å². The molecule has 0 N–H and O–H groups in total. The topological polar surface area (TPSA) is 57.3 Å². The first-order valence-electron chi connectivity index (χ1n) is 3.55. The van der Waals surface area contributed by atoms with E-state index >= 15 is 0 Å². The highest BCUT2D eigenvalue weighted by Gasteiger charge is 2.19. The fourth-order valence-electron chi connectivity index (χ4n) is 0.460. The van der Waals surface area contributed by atoms with Crippen LogP contribution < -0.4 is 5.11 Å². The van der Waals surface area contributed by atoms with Crippen molar-refractivity contribution in [1.29, 1.82) is 0 Å². The molecule has 2 rings (SSSR count). The second-order valence-electron chi connectivity index (χ2n) is 2.45. The maximum absolute atomic E-state index is 9.57. The van der Waals surface area contributed by atoms with Crippen LogP contribution in [0.25, 0.3) is 0 Å². The molecule has 2 aliphatic rings. The fraction of sp³-hybridized carbons (Fsp3) is 0.857. The van der Waals surface area contributed by atoms with Gasteiger partial charge in [-0.3, -0.25) is 0 Å². The van der Waals surface area contributed by atoms with E-state index in [9.17, 15) is 5.11 Å². The molecule has 0 saturated carbocycles. The van der Waals surface area contributed by atoms with E-state index in [4.69, 9.17) is 4.74 Å². The molecule has 2 aliphatic heterocycles. The van der Waals surface area contributed by atoms with Crippen LogP contribution in [0.15, 0.2) is 0 Å². The van der Waals surface area contributed by atoms with E-state index < -0.39 is 0 Å². The molecule has 0 spiro atoms. The SMILES string of the molecule is [CH2-]OCC1CO1.[O-]CC1CO1. The lowest BCUT2D eigenvalue weighted by molar-refractivity contribution is -0.370. The Hall–Kier alpha value is -0.160. The third-order valence-electron chi connectivity index (χ3n) is 1.29. The maximum atomic E-state index is 9.57. The van der Waals surface area contributed by atoms with Crippen LogP contribution in [-0.2, 0) is 14.2 Å². The molecule has 0 aromatic rings. The molecule has 0 aromatic carbocycles. The molecule has 11 heavy (non-hydrogen) atoms. The summed E-state index contributed by atoms with van der Waals surface area (Å²) in [7, 11) is 3.19. The van der Waals surface area contributed by atoms with Gasteiger partial charge in [0.2, 0.25) is 0 Å². The fourth-order valence-corrected chi connectivity index (χ4v) is 0.460. The van der Waals surface area contributed by atoms with Gasteiger partial charge in [-0.25, -0.2) is 7.11 Å². The zero-order valence-electron chi connectivity index (χ0n) is 6.32. The second-order valence-corrected chi connectivity index (χ2v) is 2.45. The molecule has 66 valence electrons. The first kappa shape index (κ1) is 8.93. The zero-order chi connectivity index (χ0) is 8.10. The summed E-state index contributed by atoms with van der Waals surface area (Å²) < 4.78 is 13.8. The van der Waals surface area contributed by atoms with Crippen molar-refractivity contribution in [2.24, 2.45) is 0 Å². The Bertz CT molecular complexity index is 98.6. The summed E-state index contributed by atoms with van der Waals surface area (Å²) in [5.41, 5.74) is 0. The third-order valence-corrected chi connectivity index (χ3v) is 1.29. The van der Waals surface area contributed by atoms with Crippen molar-refractivity contribution in [2.75, 3.05) is 26.4 Å². The molecule has 0 aromatic heterocycles. The molecule has 0 radical (unpaired) electrons. The third kappa shape index (κ3) is 5.15. The molecule has 2 saturated heterocycles. The summed E-state index contributed by atoms with van der Waals surface area (Å²) in [4.78, 5) is 0. The summed E-state index contributed by atoms with van der Waals surface area (Å²) >= 11 is 0. The molecule has 0 amide bonds. The molecular weight excluding hydrogens is 148 g/mol. The van der Waals surface area contributed by atoms with Gasteiger partial charge in [-0.2, -0.15) is 0 Å². The van der Waals surface area contributed by atoms with Crippen LogP contribution >= 0.6 is 0 Å². The van der Waals surface area contributed by atoms with Crippen molar-refractivity contribution in [3.05, 3.63) is 7.11 Å². The largest absolute Gasteiger partial charge is 0.853 e. The Balaban J connectivity index is 0.000000112. The van der Waals surface area contributed by atoms with Crippen LogP contribution in [0.3, 0.4) is 0 Å². The number of epoxide rings is 2. The van der Waals surface area contributed by atoms with Gasteiger partial charge in [0, 0.05) is 6.61 Å². The van der Waals surface area contributed by atoms with E-state index in [0.29, 0.717) is 19.3 Å². The van der Waals surface area contributed by atoms with Gasteiger partial charge in [-0.15, -0.1) is 6.61 Å². The maximum Gasteiger partial charge on any atom is 0.101 e. The average molecular weight is 160 g/mol. The molecule has 4 heteroatoms. The summed E-state index contributed by atoms with van der Waals surface area (Å²) in [5.74, 6) is 0. The van der Waals surface area contributed by atoms with Crippen molar-refractivity contribution < 1.29 is 19.3 Å². The standard InChI is InChI=1S/C4H7O2.C3H5O2/c1-5-2-4-3-6-4;4-1-3-2-5-3/h4H,1-3H2;3H,1-2H2/q2*-1. The minimum Gasteiger partial charge on any atom is -0.853 e. The molecule has 2 heterocycles. The number of hydrogen-bond donors (Lipinski definition) is 0. The minimum absolute atomic E-state index is 0.0556.